The summed E-state index contributed by atoms with van der Waals surface area (Å²) in [5, 5.41) is 0. The van der Waals surface area contributed by atoms with E-state index in [4.69, 9.17) is 4.74 Å². The lowest BCUT2D eigenvalue weighted by molar-refractivity contribution is 0.348. The van der Waals surface area contributed by atoms with Crippen molar-refractivity contribution < 1.29 is 4.74 Å². The molecular formula is C8H7BrN2O. The number of rotatable bonds is 1. The molecule has 0 saturated carbocycles. The largest absolute Gasteiger partial charge is 0.476 e. The Kier molecular flexibility index (Phi) is 2.08. The number of ether oxygens (including phenoxy) is 1. The van der Waals surface area contributed by atoms with Crippen LogP contribution < -0.4 is 0 Å². The number of hydrogen-bond donors (Lipinski definition) is 0. The summed E-state index contributed by atoms with van der Waals surface area (Å²) < 4.78 is 6.10. The summed E-state index contributed by atoms with van der Waals surface area (Å²) in [5.74, 6) is 0.720. The predicted molar refractivity (Wildman–Crippen MR) is 49.3 cm³/mol. The van der Waals surface area contributed by atoms with Crippen LogP contribution in [0.3, 0.4) is 0 Å². The molecule has 0 radical (unpaired) electrons. The van der Waals surface area contributed by atoms with E-state index < -0.39 is 0 Å². The van der Waals surface area contributed by atoms with Crippen molar-refractivity contribution in [3.05, 3.63) is 28.5 Å². The summed E-state index contributed by atoms with van der Waals surface area (Å²) in [5.41, 5.74) is 0.981. The molecule has 0 aliphatic carbocycles. The average Bonchev–Trinajstić information content (AvgIpc) is 2.56. The van der Waals surface area contributed by atoms with Gasteiger partial charge in [-0.15, -0.1) is 0 Å². The second kappa shape index (κ2) is 3.23. The molecule has 0 atom stereocenters. The van der Waals surface area contributed by atoms with E-state index in [2.05, 4.69) is 25.9 Å². The maximum absolute atomic E-state index is 5.30. The molecule has 3 nitrogen and oxygen atoms in total. The van der Waals surface area contributed by atoms with Crippen molar-refractivity contribution in [3.8, 4) is 0 Å². The van der Waals surface area contributed by atoms with Crippen molar-refractivity contribution in [1.29, 1.82) is 0 Å². The molecule has 4 heteroatoms. The van der Waals surface area contributed by atoms with Crippen LogP contribution >= 0.6 is 15.9 Å². The van der Waals surface area contributed by atoms with Crippen LogP contribution in [0.15, 0.2) is 27.9 Å². The Bertz CT molecular complexity index is 325. The highest BCUT2D eigenvalue weighted by Crippen LogP contribution is 2.11. The summed E-state index contributed by atoms with van der Waals surface area (Å²) >= 11 is 3.29. The van der Waals surface area contributed by atoms with E-state index in [0.717, 1.165) is 22.6 Å². The minimum Gasteiger partial charge on any atom is -0.476 e. The molecule has 62 valence electrons. The molecule has 0 saturated heterocycles. The van der Waals surface area contributed by atoms with Gasteiger partial charge in [-0.2, -0.15) is 0 Å². The summed E-state index contributed by atoms with van der Waals surface area (Å²) in [4.78, 5) is 8.21. The van der Waals surface area contributed by atoms with Gasteiger partial charge in [-0.3, -0.25) is 0 Å². The quantitative estimate of drug-likeness (QED) is 0.683. The lowest BCUT2D eigenvalue weighted by atomic mass is 10.3. The molecule has 0 unspecified atom stereocenters. The zero-order valence-electron chi connectivity index (χ0n) is 6.33. The fraction of sp³-hybridized carbons (Fsp3) is 0.250. The molecule has 0 fully saturated rings. The fourth-order valence-corrected chi connectivity index (χ4v) is 1.41. The van der Waals surface area contributed by atoms with Crippen LogP contribution in [-0.4, -0.2) is 24.0 Å². The third-order valence-corrected chi connectivity index (χ3v) is 1.99. The first-order valence-corrected chi connectivity index (χ1v) is 4.45. The molecular weight excluding hydrogens is 220 g/mol. The molecule has 0 aromatic carbocycles. The Balaban J connectivity index is 2.33. The van der Waals surface area contributed by atoms with Gasteiger partial charge in [0.1, 0.15) is 11.2 Å². The Morgan fingerprint density at radius 2 is 2.42 bits per heavy atom. The van der Waals surface area contributed by atoms with Crippen LogP contribution in [0.4, 0.5) is 0 Å². The minimum atomic E-state index is 0.690. The van der Waals surface area contributed by atoms with Crippen LogP contribution in [0.1, 0.15) is 5.56 Å². The van der Waals surface area contributed by atoms with Gasteiger partial charge in [-0.1, -0.05) is 0 Å². The molecule has 0 spiro atoms. The molecule has 0 amide bonds. The van der Waals surface area contributed by atoms with Crippen molar-refractivity contribution in [3.63, 3.8) is 0 Å². The van der Waals surface area contributed by atoms with E-state index in [1.165, 1.54) is 0 Å². The number of nitrogens with zero attached hydrogens (tertiary/aromatic N) is 2. The first-order chi connectivity index (χ1) is 5.86. The highest BCUT2D eigenvalue weighted by Gasteiger charge is 2.09. The number of hydrogen-bond acceptors (Lipinski definition) is 3. The van der Waals surface area contributed by atoms with E-state index in [1.54, 1.807) is 6.20 Å². The van der Waals surface area contributed by atoms with Crippen molar-refractivity contribution >= 4 is 21.8 Å². The molecule has 0 N–H and O–H groups in total. The highest BCUT2D eigenvalue weighted by molar-refractivity contribution is 9.10. The van der Waals surface area contributed by atoms with Crippen LogP contribution in [0.2, 0.25) is 0 Å². The van der Waals surface area contributed by atoms with E-state index in [-0.39, 0.29) is 0 Å². The molecule has 2 heterocycles. The molecule has 0 bridgehead atoms. The average molecular weight is 227 g/mol. The van der Waals surface area contributed by atoms with Crippen molar-refractivity contribution in [2.75, 3.05) is 13.2 Å². The number of aromatic nitrogens is 1. The lowest BCUT2D eigenvalue weighted by Crippen LogP contribution is -2.00. The Hall–Kier alpha value is -0.900. The van der Waals surface area contributed by atoms with Gasteiger partial charge in [-0.25, -0.2) is 9.98 Å². The third-order valence-electron chi connectivity index (χ3n) is 1.56. The van der Waals surface area contributed by atoms with Gasteiger partial charge in [0.15, 0.2) is 0 Å². The van der Waals surface area contributed by atoms with Gasteiger partial charge in [0.2, 0.25) is 5.90 Å². The molecule has 12 heavy (non-hydrogen) atoms. The molecule has 1 aromatic rings. The van der Waals surface area contributed by atoms with E-state index in [0.29, 0.717) is 6.61 Å². The Morgan fingerprint density at radius 1 is 1.50 bits per heavy atom. The predicted octanol–water partition coefficient (Wildman–Crippen LogP) is 1.62. The van der Waals surface area contributed by atoms with Crippen molar-refractivity contribution in [2.24, 2.45) is 4.99 Å². The van der Waals surface area contributed by atoms with Crippen LogP contribution in [-0.2, 0) is 4.74 Å². The highest BCUT2D eigenvalue weighted by atomic mass is 79.9. The normalized spacial score (nSPS) is 15.6. The SMILES string of the molecule is Brc1cc(C2=NCCO2)ccn1. The van der Waals surface area contributed by atoms with Gasteiger partial charge in [0.25, 0.3) is 0 Å². The van der Waals surface area contributed by atoms with Gasteiger partial charge < -0.3 is 4.74 Å². The maximum Gasteiger partial charge on any atom is 0.216 e. The van der Waals surface area contributed by atoms with Gasteiger partial charge in [0, 0.05) is 11.8 Å². The summed E-state index contributed by atoms with van der Waals surface area (Å²) in [6.07, 6.45) is 1.73. The second-order valence-corrected chi connectivity index (χ2v) is 3.22. The molecule has 2 rings (SSSR count). The van der Waals surface area contributed by atoms with Crippen LogP contribution in [0, 0.1) is 0 Å². The number of pyridine rings is 1. The molecule has 1 aliphatic rings. The molecule has 1 aromatic heterocycles. The zero-order chi connectivity index (χ0) is 8.39. The minimum absolute atomic E-state index is 0.690. The maximum atomic E-state index is 5.30. The zero-order valence-corrected chi connectivity index (χ0v) is 7.91. The topological polar surface area (TPSA) is 34.5 Å². The standard InChI is InChI=1S/C8H7BrN2O/c9-7-5-6(1-2-10-7)8-11-3-4-12-8/h1-2,5H,3-4H2. The summed E-state index contributed by atoms with van der Waals surface area (Å²) in [7, 11) is 0. The molecule has 1 aliphatic heterocycles. The first kappa shape index (κ1) is 7.73. The van der Waals surface area contributed by atoms with Gasteiger partial charge in [-0.05, 0) is 28.1 Å². The number of aliphatic imine (C=N–C) groups is 1. The third kappa shape index (κ3) is 1.48. The van der Waals surface area contributed by atoms with Crippen molar-refractivity contribution in [2.45, 2.75) is 0 Å². The van der Waals surface area contributed by atoms with Crippen LogP contribution in [0.5, 0.6) is 0 Å². The van der Waals surface area contributed by atoms with Gasteiger partial charge >= 0.3 is 0 Å². The Morgan fingerprint density at radius 3 is 3.08 bits per heavy atom. The van der Waals surface area contributed by atoms with Crippen LogP contribution in [0.25, 0.3) is 0 Å². The number of halogens is 1. The second-order valence-electron chi connectivity index (χ2n) is 2.40. The smallest absolute Gasteiger partial charge is 0.216 e. The fourth-order valence-electron chi connectivity index (χ4n) is 1.05. The Labute approximate surface area is 78.6 Å². The van der Waals surface area contributed by atoms with E-state index in [9.17, 15) is 0 Å². The lowest BCUT2D eigenvalue weighted by Gasteiger charge is -2.00. The summed E-state index contributed by atoms with van der Waals surface area (Å²) in [6, 6.07) is 3.78. The van der Waals surface area contributed by atoms with Crippen molar-refractivity contribution in [1.82, 2.24) is 4.98 Å². The first-order valence-electron chi connectivity index (χ1n) is 3.65. The van der Waals surface area contributed by atoms with Gasteiger partial charge in [0.05, 0.1) is 6.54 Å². The van der Waals surface area contributed by atoms with E-state index in [1.807, 2.05) is 12.1 Å². The van der Waals surface area contributed by atoms with E-state index >= 15 is 0 Å². The monoisotopic (exact) mass is 226 g/mol. The summed E-state index contributed by atoms with van der Waals surface area (Å²) in [6.45, 7) is 1.45.